The highest BCUT2D eigenvalue weighted by molar-refractivity contribution is 5.91. The van der Waals surface area contributed by atoms with Crippen LogP contribution in [0.25, 0.3) is 0 Å². The second-order valence-electron chi connectivity index (χ2n) is 5.95. The maximum Gasteiger partial charge on any atom is 0.337 e. The zero-order valence-electron chi connectivity index (χ0n) is 14.9. The number of ether oxygens (including phenoxy) is 1. The molecule has 0 aliphatic heterocycles. The van der Waals surface area contributed by atoms with Crippen LogP contribution < -0.4 is 20.9 Å². The molecule has 0 saturated carbocycles. The number of urea groups is 1. The minimum atomic E-state index is -0.745. The van der Waals surface area contributed by atoms with Gasteiger partial charge in [0.05, 0.1) is 4.92 Å². The first-order valence-corrected chi connectivity index (χ1v) is 8.18. The lowest BCUT2D eigenvalue weighted by Gasteiger charge is -2.11. The van der Waals surface area contributed by atoms with E-state index in [1.165, 1.54) is 24.3 Å². The van der Waals surface area contributed by atoms with Gasteiger partial charge in [0.15, 0.2) is 6.61 Å². The van der Waals surface area contributed by atoms with Crippen LogP contribution in [0.3, 0.4) is 0 Å². The summed E-state index contributed by atoms with van der Waals surface area (Å²) >= 11 is 0. The maximum absolute atomic E-state index is 11.7. The third-order valence-electron chi connectivity index (χ3n) is 3.55. The number of benzene rings is 2. The van der Waals surface area contributed by atoms with Gasteiger partial charge in [0.2, 0.25) is 0 Å². The summed E-state index contributed by atoms with van der Waals surface area (Å²) in [5.41, 5.74) is 5.54. The third kappa shape index (κ3) is 6.31. The molecule has 2 rings (SSSR count). The molecular formula is C18H20N4O5. The second kappa shape index (κ2) is 9.18. The Kier molecular flexibility index (Phi) is 6.70. The largest absolute Gasteiger partial charge is 0.484 e. The molecule has 9 heteroatoms. The Morgan fingerprint density at radius 1 is 1.11 bits per heavy atom. The van der Waals surface area contributed by atoms with Crippen LogP contribution in [-0.2, 0) is 4.79 Å². The molecule has 0 atom stereocenters. The van der Waals surface area contributed by atoms with Crippen molar-refractivity contribution < 1.29 is 19.2 Å². The van der Waals surface area contributed by atoms with E-state index in [0.717, 1.165) is 5.56 Å². The van der Waals surface area contributed by atoms with Crippen molar-refractivity contribution in [3.8, 4) is 5.75 Å². The monoisotopic (exact) mass is 372 g/mol. The SMILES string of the molecule is CC(C)c1ccc(OCC(=O)NNC(=O)Nc2cccc([N+](=O)[O-])c2)cc1. The average Bonchev–Trinajstić information content (AvgIpc) is 2.65. The molecule has 2 aromatic rings. The molecule has 0 aliphatic rings. The van der Waals surface area contributed by atoms with Gasteiger partial charge in [0.25, 0.3) is 11.6 Å². The predicted molar refractivity (Wildman–Crippen MR) is 99.4 cm³/mol. The molecule has 0 fully saturated rings. The van der Waals surface area contributed by atoms with Crippen LogP contribution in [0.5, 0.6) is 5.75 Å². The zero-order valence-corrected chi connectivity index (χ0v) is 14.9. The summed E-state index contributed by atoms with van der Waals surface area (Å²) in [6.45, 7) is 3.87. The van der Waals surface area contributed by atoms with Crippen LogP contribution in [0.15, 0.2) is 48.5 Å². The molecule has 3 amide bonds. The number of nitro benzene ring substituents is 1. The summed E-state index contributed by atoms with van der Waals surface area (Å²) in [5, 5.41) is 13.1. The molecule has 142 valence electrons. The fraction of sp³-hybridized carbons (Fsp3) is 0.222. The topological polar surface area (TPSA) is 123 Å². The molecule has 0 unspecified atom stereocenters. The molecular weight excluding hydrogens is 352 g/mol. The van der Waals surface area contributed by atoms with Crippen molar-refractivity contribution in [2.45, 2.75) is 19.8 Å². The summed E-state index contributed by atoms with van der Waals surface area (Å²) in [6.07, 6.45) is 0. The van der Waals surface area contributed by atoms with E-state index in [-0.39, 0.29) is 18.0 Å². The zero-order chi connectivity index (χ0) is 19.8. The molecule has 2 aromatic carbocycles. The molecule has 27 heavy (non-hydrogen) atoms. The van der Waals surface area contributed by atoms with E-state index in [9.17, 15) is 19.7 Å². The van der Waals surface area contributed by atoms with Crippen molar-refractivity contribution in [1.29, 1.82) is 0 Å². The van der Waals surface area contributed by atoms with Gasteiger partial charge < -0.3 is 10.1 Å². The Morgan fingerprint density at radius 3 is 2.44 bits per heavy atom. The lowest BCUT2D eigenvalue weighted by molar-refractivity contribution is -0.384. The van der Waals surface area contributed by atoms with Crippen LogP contribution in [0.2, 0.25) is 0 Å². The number of hydrazine groups is 1. The summed E-state index contributed by atoms with van der Waals surface area (Å²) in [5.74, 6) is 0.379. The van der Waals surface area contributed by atoms with Crippen molar-refractivity contribution in [3.63, 3.8) is 0 Å². The third-order valence-corrected chi connectivity index (χ3v) is 3.55. The lowest BCUT2D eigenvalue weighted by Crippen LogP contribution is -2.45. The molecule has 9 nitrogen and oxygen atoms in total. The number of nitro groups is 1. The van der Waals surface area contributed by atoms with Gasteiger partial charge >= 0.3 is 6.03 Å². The van der Waals surface area contributed by atoms with Crippen LogP contribution in [-0.4, -0.2) is 23.5 Å². The number of nitrogens with one attached hydrogen (secondary N) is 3. The van der Waals surface area contributed by atoms with Gasteiger partial charge in [-0.05, 0) is 29.7 Å². The fourth-order valence-electron chi connectivity index (χ4n) is 2.12. The summed E-state index contributed by atoms with van der Waals surface area (Å²) in [4.78, 5) is 33.6. The first-order valence-electron chi connectivity index (χ1n) is 8.18. The van der Waals surface area contributed by atoms with Crippen molar-refractivity contribution >= 4 is 23.3 Å². The standard InChI is InChI=1S/C18H20N4O5/c1-12(2)13-6-8-16(9-7-13)27-11-17(23)20-21-18(24)19-14-4-3-5-15(10-14)22(25)26/h3-10,12H,11H2,1-2H3,(H,20,23)(H2,19,21,24). The number of hydrogen-bond acceptors (Lipinski definition) is 5. The summed E-state index contributed by atoms with van der Waals surface area (Å²) in [6, 6.07) is 12.1. The maximum atomic E-state index is 11.7. The first-order chi connectivity index (χ1) is 12.8. The van der Waals surface area contributed by atoms with Crippen LogP contribution in [0.4, 0.5) is 16.2 Å². The number of rotatable bonds is 6. The average molecular weight is 372 g/mol. The highest BCUT2D eigenvalue weighted by Gasteiger charge is 2.09. The Labute approximate surface area is 155 Å². The highest BCUT2D eigenvalue weighted by Crippen LogP contribution is 2.18. The van der Waals surface area contributed by atoms with Crippen molar-refractivity contribution in [2.75, 3.05) is 11.9 Å². The van der Waals surface area contributed by atoms with E-state index in [0.29, 0.717) is 11.7 Å². The van der Waals surface area contributed by atoms with Crippen LogP contribution in [0, 0.1) is 10.1 Å². The smallest absolute Gasteiger partial charge is 0.337 e. The van der Waals surface area contributed by atoms with Crippen LogP contribution in [0.1, 0.15) is 25.3 Å². The van der Waals surface area contributed by atoms with E-state index in [1.807, 2.05) is 12.1 Å². The van der Waals surface area contributed by atoms with Gasteiger partial charge in [-0.2, -0.15) is 0 Å². The number of carbonyl (C=O) groups is 2. The van der Waals surface area contributed by atoms with E-state index in [1.54, 1.807) is 12.1 Å². The number of non-ortho nitro benzene ring substituents is 1. The van der Waals surface area contributed by atoms with Gasteiger partial charge in [-0.15, -0.1) is 0 Å². The number of amides is 3. The Morgan fingerprint density at radius 2 is 1.81 bits per heavy atom. The fourth-order valence-corrected chi connectivity index (χ4v) is 2.12. The molecule has 0 heterocycles. The van der Waals surface area contributed by atoms with Gasteiger partial charge in [-0.25, -0.2) is 10.2 Å². The van der Waals surface area contributed by atoms with Gasteiger partial charge in [-0.1, -0.05) is 32.0 Å². The Bertz CT molecular complexity index is 821. The Balaban J connectivity index is 1.75. The quantitative estimate of drug-likeness (QED) is 0.531. The van der Waals surface area contributed by atoms with E-state index < -0.39 is 16.9 Å². The lowest BCUT2D eigenvalue weighted by atomic mass is 10.0. The molecule has 0 saturated heterocycles. The highest BCUT2D eigenvalue weighted by atomic mass is 16.6. The number of nitrogens with zero attached hydrogens (tertiary/aromatic N) is 1. The van der Waals surface area contributed by atoms with Gasteiger partial charge in [0, 0.05) is 17.8 Å². The molecule has 0 aliphatic carbocycles. The number of anilines is 1. The predicted octanol–water partition coefficient (Wildman–Crippen LogP) is 2.95. The molecule has 0 bridgehead atoms. The normalized spacial score (nSPS) is 10.2. The molecule has 0 radical (unpaired) electrons. The van der Waals surface area contributed by atoms with E-state index in [2.05, 4.69) is 30.0 Å². The van der Waals surface area contributed by atoms with Gasteiger partial charge in [-0.3, -0.25) is 20.3 Å². The number of hydrogen-bond donors (Lipinski definition) is 3. The van der Waals surface area contributed by atoms with Crippen molar-refractivity contribution in [1.82, 2.24) is 10.9 Å². The van der Waals surface area contributed by atoms with E-state index in [4.69, 9.17) is 4.74 Å². The molecule has 0 aromatic heterocycles. The van der Waals surface area contributed by atoms with Gasteiger partial charge in [0.1, 0.15) is 5.75 Å². The number of carbonyl (C=O) groups excluding carboxylic acids is 2. The Hall–Kier alpha value is -3.62. The minimum Gasteiger partial charge on any atom is -0.484 e. The molecule has 0 spiro atoms. The summed E-state index contributed by atoms with van der Waals surface area (Å²) < 4.78 is 5.34. The van der Waals surface area contributed by atoms with Crippen molar-refractivity contribution in [2.24, 2.45) is 0 Å². The van der Waals surface area contributed by atoms with Crippen LogP contribution >= 0.6 is 0 Å². The summed E-state index contributed by atoms with van der Waals surface area (Å²) in [7, 11) is 0. The molecule has 3 N–H and O–H groups in total. The van der Waals surface area contributed by atoms with Crippen molar-refractivity contribution in [3.05, 3.63) is 64.2 Å². The first kappa shape index (κ1) is 19.7. The minimum absolute atomic E-state index is 0.159. The second-order valence-corrected chi connectivity index (χ2v) is 5.95. The van der Waals surface area contributed by atoms with E-state index >= 15 is 0 Å².